The number of nitrogens with zero attached hydrogens (tertiary/aromatic N) is 1. The Kier molecular flexibility index (Phi) is 3.52. The van der Waals surface area contributed by atoms with E-state index in [4.69, 9.17) is 10.5 Å². The van der Waals surface area contributed by atoms with E-state index in [0.29, 0.717) is 5.56 Å². The molecule has 2 aromatic rings. The molecule has 1 aliphatic heterocycles. The standard InChI is InChI=1S/C17H18N2O2/c1-21-13-9-7-12(8-10-13)17(20)19-11-3-4-14-15(18)5-2-6-16(14)19/h2,5-10H,3-4,11,18H2,1H3. The van der Waals surface area contributed by atoms with Crippen molar-refractivity contribution < 1.29 is 9.53 Å². The van der Waals surface area contributed by atoms with E-state index < -0.39 is 0 Å². The second-order valence-electron chi connectivity index (χ2n) is 5.13. The van der Waals surface area contributed by atoms with E-state index >= 15 is 0 Å². The number of methoxy groups -OCH3 is 1. The van der Waals surface area contributed by atoms with Crippen LogP contribution >= 0.6 is 0 Å². The Hall–Kier alpha value is -2.49. The van der Waals surface area contributed by atoms with Crippen molar-refractivity contribution in [2.24, 2.45) is 0 Å². The number of hydrogen-bond acceptors (Lipinski definition) is 3. The molecule has 1 heterocycles. The van der Waals surface area contributed by atoms with Gasteiger partial charge in [-0.1, -0.05) is 6.07 Å². The maximum atomic E-state index is 12.7. The second-order valence-corrected chi connectivity index (χ2v) is 5.13. The molecule has 4 heteroatoms. The van der Waals surface area contributed by atoms with Gasteiger partial charge in [0.2, 0.25) is 0 Å². The third-order valence-electron chi connectivity index (χ3n) is 3.87. The highest BCUT2D eigenvalue weighted by Crippen LogP contribution is 2.32. The Morgan fingerprint density at radius 1 is 1.19 bits per heavy atom. The minimum absolute atomic E-state index is 0.00389. The quantitative estimate of drug-likeness (QED) is 0.862. The molecule has 1 aliphatic rings. The van der Waals surface area contributed by atoms with Gasteiger partial charge in [0.25, 0.3) is 5.91 Å². The molecule has 21 heavy (non-hydrogen) atoms. The van der Waals surface area contributed by atoms with Crippen molar-refractivity contribution in [3.63, 3.8) is 0 Å². The molecule has 3 rings (SSSR count). The lowest BCUT2D eigenvalue weighted by atomic mass is 9.99. The van der Waals surface area contributed by atoms with Gasteiger partial charge >= 0.3 is 0 Å². The lowest BCUT2D eigenvalue weighted by Crippen LogP contribution is -2.35. The maximum Gasteiger partial charge on any atom is 0.258 e. The van der Waals surface area contributed by atoms with E-state index in [9.17, 15) is 4.79 Å². The van der Waals surface area contributed by atoms with E-state index in [2.05, 4.69) is 0 Å². The molecule has 0 bridgehead atoms. The van der Waals surface area contributed by atoms with Crippen LogP contribution < -0.4 is 15.4 Å². The molecule has 0 aliphatic carbocycles. The first kappa shape index (κ1) is 13.5. The van der Waals surface area contributed by atoms with Crippen molar-refractivity contribution in [3.8, 4) is 5.75 Å². The average molecular weight is 282 g/mol. The summed E-state index contributed by atoms with van der Waals surface area (Å²) in [6.45, 7) is 0.724. The number of carbonyl (C=O) groups is 1. The number of nitrogen functional groups attached to an aromatic ring is 1. The molecule has 0 spiro atoms. The van der Waals surface area contributed by atoms with Gasteiger partial charge in [0.05, 0.1) is 7.11 Å². The van der Waals surface area contributed by atoms with Gasteiger partial charge in [-0.2, -0.15) is 0 Å². The highest BCUT2D eigenvalue weighted by atomic mass is 16.5. The molecule has 4 nitrogen and oxygen atoms in total. The summed E-state index contributed by atoms with van der Waals surface area (Å²) >= 11 is 0. The Balaban J connectivity index is 1.94. The summed E-state index contributed by atoms with van der Waals surface area (Å²) in [6.07, 6.45) is 1.86. The van der Waals surface area contributed by atoms with Crippen molar-refractivity contribution in [2.75, 3.05) is 24.3 Å². The van der Waals surface area contributed by atoms with Gasteiger partial charge in [0.1, 0.15) is 5.75 Å². The number of carbonyl (C=O) groups excluding carboxylic acids is 1. The Morgan fingerprint density at radius 3 is 2.67 bits per heavy atom. The van der Waals surface area contributed by atoms with Crippen LogP contribution in [-0.4, -0.2) is 19.6 Å². The molecular weight excluding hydrogens is 264 g/mol. The average Bonchev–Trinajstić information content (AvgIpc) is 2.54. The van der Waals surface area contributed by atoms with E-state index in [1.165, 1.54) is 0 Å². The molecule has 0 fully saturated rings. The molecule has 0 saturated heterocycles. The lowest BCUT2D eigenvalue weighted by molar-refractivity contribution is 0.0985. The van der Waals surface area contributed by atoms with E-state index in [1.807, 2.05) is 23.1 Å². The molecule has 108 valence electrons. The highest BCUT2D eigenvalue weighted by molar-refractivity contribution is 6.07. The largest absolute Gasteiger partial charge is 0.497 e. The van der Waals surface area contributed by atoms with Crippen LogP contribution in [-0.2, 0) is 6.42 Å². The Morgan fingerprint density at radius 2 is 1.95 bits per heavy atom. The summed E-state index contributed by atoms with van der Waals surface area (Å²) in [5.41, 5.74) is 9.45. The van der Waals surface area contributed by atoms with Gasteiger partial charge in [-0.05, 0) is 54.8 Å². The predicted octanol–water partition coefficient (Wildman–Crippen LogP) is 2.87. The van der Waals surface area contributed by atoms with Crippen molar-refractivity contribution in [1.29, 1.82) is 0 Å². The fraction of sp³-hybridized carbons (Fsp3) is 0.235. The zero-order chi connectivity index (χ0) is 14.8. The van der Waals surface area contributed by atoms with Crippen molar-refractivity contribution in [2.45, 2.75) is 12.8 Å². The lowest BCUT2D eigenvalue weighted by Gasteiger charge is -2.30. The third-order valence-corrected chi connectivity index (χ3v) is 3.87. The predicted molar refractivity (Wildman–Crippen MR) is 83.8 cm³/mol. The summed E-state index contributed by atoms with van der Waals surface area (Å²) in [5, 5.41) is 0. The minimum Gasteiger partial charge on any atom is -0.497 e. The fourth-order valence-corrected chi connectivity index (χ4v) is 2.75. The third kappa shape index (κ3) is 2.44. The normalized spacial score (nSPS) is 13.7. The van der Waals surface area contributed by atoms with Crippen LogP contribution in [0.4, 0.5) is 11.4 Å². The Labute approximate surface area is 124 Å². The summed E-state index contributed by atoms with van der Waals surface area (Å²) < 4.78 is 5.12. The van der Waals surface area contributed by atoms with Gasteiger partial charge < -0.3 is 15.4 Å². The molecule has 1 amide bonds. The van der Waals surface area contributed by atoms with Gasteiger partial charge in [0, 0.05) is 23.5 Å². The number of hydrogen-bond donors (Lipinski definition) is 1. The summed E-state index contributed by atoms with van der Waals surface area (Å²) in [5.74, 6) is 0.749. The highest BCUT2D eigenvalue weighted by Gasteiger charge is 2.24. The van der Waals surface area contributed by atoms with E-state index in [1.54, 1.807) is 31.4 Å². The number of amides is 1. The first-order chi connectivity index (χ1) is 10.2. The maximum absolute atomic E-state index is 12.7. The van der Waals surface area contributed by atoms with E-state index in [0.717, 1.165) is 42.1 Å². The molecular formula is C17H18N2O2. The zero-order valence-corrected chi connectivity index (χ0v) is 12.0. The molecule has 2 N–H and O–H groups in total. The molecule has 0 unspecified atom stereocenters. The van der Waals surface area contributed by atoms with Crippen molar-refractivity contribution in [3.05, 3.63) is 53.6 Å². The monoisotopic (exact) mass is 282 g/mol. The van der Waals surface area contributed by atoms with Crippen LogP contribution in [0.1, 0.15) is 22.3 Å². The smallest absolute Gasteiger partial charge is 0.258 e. The van der Waals surface area contributed by atoms with Gasteiger partial charge in [0.15, 0.2) is 0 Å². The summed E-state index contributed by atoms with van der Waals surface area (Å²) in [6, 6.07) is 12.9. The topological polar surface area (TPSA) is 55.6 Å². The van der Waals surface area contributed by atoms with Crippen LogP contribution in [0.2, 0.25) is 0 Å². The number of anilines is 2. The van der Waals surface area contributed by atoms with Crippen LogP contribution in [0, 0.1) is 0 Å². The number of benzene rings is 2. The van der Waals surface area contributed by atoms with Crippen LogP contribution in [0.3, 0.4) is 0 Å². The molecule has 0 saturated carbocycles. The van der Waals surface area contributed by atoms with Gasteiger partial charge in [-0.3, -0.25) is 4.79 Å². The molecule has 0 aromatic heterocycles. The van der Waals surface area contributed by atoms with Crippen LogP contribution in [0.15, 0.2) is 42.5 Å². The SMILES string of the molecule is COc1ccc(C(=O)N2CCCc3c(N)cccc32)cc1. The number of ether oxygens (including phenoxy) is 1. The minimum atomic E-state index is 0.00389. The van der Waals surface area contributed by atoms with Gasteiger partial charge in [-0.25, -0.2) is 0 Å². The second kappa shape index (κ2) is 5.48. The number of fused-ring (bicyclic) bond motifs is 1. The summed E-state index contributed by atoms with van der Waals surface area (Å²) in [4.78, 5) is 14.5. The molecule has 0 atom stereocenters. The van der Waals surface area contributed by atoms with E-state index in [-0.39, 0.29) is 5.91 Å². The number of nitrogens with two attached hydrogens (primary N) is 1. The number of rotatable bonds is 2. The fourth-order valence-electron chi connectivity index (χ4n) is 2.75. The first-order valence-corrected chi connectivity index (χ1v) is 7.04. The van der Waals surface area contributed by atoms with Crippen LogP contribution in [0.25, 0.3) is 0 Å². The van der Waals surface area contributed by atoms with Gasteiger partial charge in [-0.15, -0.1) is 0 Å². The first-order valence-electron chi connectivity index (χ1n) is 7.04. The zero-order valence-electron chi connectivity index (χ0n) is 12.0. The molecule has 0 radical (unpaired) electrons. The van der Waals surface area contributed by atoms with Crippen molar-refractivity contribution >= 4 is 17.3 Å². The Bertz CT molecular complexity index is 665. The summed E-state index contributed by atoms with van der Waals surface area (Å²) in [7, 11) is 1.61. The van der Waals surface area contributed by atoms with Crippen LogP contribution in [0.5, 0.6) is 5.75 Å². The van der Waals surface area contributed by atoms with Crippen molar-refractivity contribution in [1.82, 2.24) is 0 Å². The molecule has 2 aromatic carbocycles.